The second-order valence-corrected chi connectivity index (χ2v) is 3.76. The van der Waals surface area contributed by atoms with Crippen LogP contribution in [0.3, 0.4) is 0 Å². The van der Waals surface area contributed by atoms with Crippen molar-refractivity contribution >= 4 is 11.8 Å². The van der Waals surface area contributed by atoms with Gasteiger partial charge in [0.2, 0.25) is 5.95 Å². The lowest BCUT2D eigenvalue weighted by molar-refractivity contribution is 0.771. The highest BCUT2D eigenvalue weighted by Gasteiger charge is 2.09. The minimum atomic E-state index is 0.163. The minimum Gasteiger partial charge on any atom is -0.383 e. The molecule has 0 spiro atoms. The van der Waals surface area contributed by atoms with Crippen molar-refractivity contribution in [3.05, 3.63) is 23.5 Å². The van der Waals surface area contributed by atoms with Crippen molar-refractivity contribution in [1.29, 1.82) is 0 Å². The van der Waals surface area contributed by atoms with Crippen molar-refractivity contribution in [3.63, 3.8) is 0 Å². The highest BCUT2D eigenvalue weighted by molar-refractivity contribution is 5.42. The van der Waals surface area contributed by atoms with Gasteiger partial charge in [-0.25, -0.2) is 4.68 Å². The molecule has 0 aromatic carbocycles. The number of nitrogens with two attached hydrogens (primary N) is 2. The Hall–Kier alpha value is -2.11. The Morgan fingerprint density at radius 1 is 1.12 bits per heavy atom. The van der Waals surface area contributed by atoms with Gasteiger partial charge in [-0.05, 0) is 18.9 Å². The molecule has 0 unspecified atom stereocenters. The van der Waals surface area contributed by atoms with Crippen LogP contribution in [0.1, 0.15) is 25.2 Å². The molecule has 0 atom stereocenters. The largest absolute Gasteiger partial charge is 0.383 e. The molecule has 90 valence electrons. The molecule has 2 aromatic rings. The van der Waals surface area contributed by atoms with E-state index in [1.54, 1.807) is 10.7 Å². The molecule has 0 saturated carbocycles. The maximum atomic E-state index is 5.66. The van der Waals surface area contributed by atoms with Crippen LogP contribution in [-0.4, -0.2) is 19.7 Å². The molecular weight excluding hydrogens is 216 g/mol. The van der Waals surface area contributed by atoms with Crippen LogP contribution >= 0.6 is 0 Å². The summed E-state index contributed by atoms with van der Waals surface area (Å²) in [5, 5.41) is 4.47. The minimum absolute atomic E-state index is 0.163. The highest BCUT2D eigenvalue weighted by Crippen LogP contribution is 2.14. The fourth-order valence-electron chi connectivity index (χ4n) is 1.68. The van der Waals surface area contributed by atoms with Gasteiger partial charge in [0.05, 0.1) is 5.69 Å². The summed E-state index contributed by atoms with van der Waals surface area (Å²) in [5.74, 6) is 1.13. The number of nitrogen functional groups attached to an aromatic ring is 2. The summed E-state index contributed by atoms with van der Waals surface area (Å²) in [6.45, 7) is 4.13. The third kappa shape index (κ3) is 2.20. The van der Waals surface area contributed by atoms with E-state index in [1.165, 1.54) is 0 Å². The van der Waals surface area contributed by atoms with Gasteiger partial charge in [-0.2, -0.15) is 15.1 Å². The van der Waals surface area contributed by atoms with Gasteiger partial charge in [0.25, 0.3) is 0 Å². The van der Waals surface area contributed by atoms with Crippen LogP contribution in [0, 0.1) is 0 Å². The molecule has 0 saturated heterocycles. The van der Waals surface area contributed by atoms with E-state index in [1.807, 2.05) is 0 Å². The molecule has 2 heterocycles. The summed E-state index contributed by atoms with van der Waals surface area (Å²) in [5.41, 5.74) is 13.3. The standard InChI is InChI=1S/C11H16N6/c1-3-7-5-8(4-2)17(16-7)10-6-9(12)14-11(13)15-10/h5-6H,3-4H2,1-2H3,(H4,12,13,14,15). The summed E-state index contributed by atoms with van der Waals surface area (Å²) < 4.78 is 1.77. The normalized spacial score (nSPS) is 10.7. The van der Waals surface area contributed by atoms with Crippen LogP contribution < -0.4 is 11.5 Å². The zero-order valence-corrected chi connectivity index (χ0v) is 10.0. The van der Waals surface area contributed by atoms with E-state index in [0.717, 1.165) is 24.2 Å². The smallest absolute Gasteiger partial charge is 0.224 e. The van der Waals surface area contributed by atoms with E-state index in [9.17, 15) is 0 Å². The first-order valence-electron chi connectivity index (χ1n) is 5.62. The Kier molecular flexibility index (Phi) is 2.95. The van der Waals surface area contributed by atoms with Gasteiger partial charge in [-0.15, -0.1) is 0 Å². The Morgan fingerprint density at radius 3 is 2.47 bits per heavy atom. The fourth-order valence-corrected chi connectivity index (χ4v) is 1.68. The van der Waals surface area contributed by atoms with Crippen molar-refractivity contribution in [2.45, 2.75) is 26.7 Å². The molecule has 6 heteroatoms. The Bertz CT molecular complexity index is 511. The maximum Gasteiger partial charge on any atom is 0.224 e. The molecule has 2 rings (SSSR count). The first-order chi connectivity index (χ1) is 8.13. The average Bonchev–Trinajstić information content (AvgIpc) is 2.70. The molecule has 0 amide bonds. The lowest BCUT2D eigenvalue weighted by Crippen LogP contribution is -2.08. The highest BCUT2D eigenvalue weighted by atomic mass is 15.3. The molecule has 0 fully saturated rings. The predicted octanol–water partition coefficient (Wildman–Crippen LogP) is 0.952. The topological polar surface area (TPSA) is 95.6 Å². The van der Waals surface area contributed by atoms with E-state index in [2.05, 4.69) is 35.0 Å². The van der Waals surface area contributed by atoms with Crippen molar-refractivity contribution in [3.8, 4) is 5.82 Å². The van der Waals surface area contributed by atoms with Crippen molar-refractivity contribution < 1.29 is 0 Å². The zero-order chi connectivity index (χ0) is 12.4. The third-order valence-electron chi connectivity index (χ3n) is 2.52. The van der Waals surface area contributed by atoms with Gasteiger partial charge in [-0.3, -0.25) is 0 Å². The van der Waals surface area contributed by atoms with Gasteiger partial charge in [0.1, 0.15) is 5.82 Å². The molecular formula is C11H16N6. The van der Waals surface area contributed by atoms with E-state index >= 15 is 0 Å². The number of nitrogens with zero attached hydrogens (tertiary/aromatic N) is 4. The summed E-state index contributed by atoms with van der Waals surface area (Å²) in [4.78, 5) is 7.99. The summed E-state index contributed by atoms with van der Waals surface area (Å²) in [6, 6.07) is 3.73. The van der Waals surface area contributed by atoms with Gasteiger partial charge in [0, 0.05) is 11.8 Å². The molecule has 0 radical (unpaired) electrons. The molecule has 0 aliphatic rings. The van der Waals surface area contributed by atoms with Gasteiger partial charge >= 0.3 is 0 Å². The number of hydrogen-bond donors (Lipinski definition) is 2. The quantitative estimate of drug-likeness (QED) is 0.821. The van der Waals surface area contributed by atoms with E-state index in [-0.39, 0.29) is 5.95 Å². The third-order valence-corrected chi connectivity index (χ3v) is 2.52. The summed E-state index contributed by atoms with van der Waals surface area (Å²) in [7, 11) is 0. The maximum absolute atomic E-state index is 5.66. The Labute approximate surface area is 99.7 Å². The Balaban J connectivity index is 2.54. The predicted molar refractivity (Wildman–Crippen MR) is 66.7 cm³/mol. The number of hydrogen-bond acceptors (Lipinski definition) is 5. The van der Waals surface area contributed by atoms with Crippen LogP contribution in [0.2, 0.25) is 0 Å². The molecule has 17 heavy (non-hydrogen) atoms. The second-order valence-electron chi connectivity index (χ2n) is 3.76. The SMILES string of the molecule is CCc1cc(CC)n(-c2cc(N)nc(N)n2)n1. The first-order valence-corrected chi connectivity index (χ1v) is 5.62. The van der Waals surface area contributed by atoms with Gasteiger partial charge in [-0.1, -0.05) is 13.8 Å². The molecule has 2 aromatic heterocycles. The van der Waals surface area contributed by atoms with E-state index < -0.39 is 0 Å². The molecule has 0 aliphatic heterocycles. The van der Waals surface area contributed by atoms with Gasteiger partial charge in [0.15, 0.2) is 5.82 Å². The summed E-state index contributed by atoms with van der Waals surface area (Å²) in [6.07, 6.45) is 1.76. The van der Waals surface area contributed by atoms with Crippen molar-refractivity contribution in [1.82, 2.24) is 19.7 Å². The van der Waals surface area contributed by atoms with Crippen molar-refractivity contribution in [2.75, 3.05) is 11.5 Å². The number of anilines is 2. The number of aryl methyl sites for hydroxylation is 2. The van der Waals surface area contributed by atoms with Crippen LogP contribution in [0.15, 0.2) is 12.1 Å². The van der Waals surface area contributed by atoms with Crippen molar-refractivity contribution in [2.24, 2.45) is 0 Å². The average molecular weight is 232 g/mol. The lowest BCUT2D eigenvalue weighted by atomic mass is 10.2. The first kappa shape index (κ1) is 11.4. The zero-order valence-electron chi connectivity index (χ0n) is 10.0. The van der Waals surface area contributed by atoms with Crippen LogP contribution in [-0.2, 0) is 12.8 Å². The number of aromatic nitrogens is 4. The fraction of sp³-hybridized carbons (Fsp3) is 0.364. The van der Waals surface area contributed by atoms with E-state index in [0.29, 0.717) is 11.6 Å². The van der Waals surface area contributed by atoms with Crippen LogP contribution in [0.4, 0.5) is 11.8 Å². The second kappa shape index (κ2) is 4.40. The van der Waals surface area contributed by atoms with Crippen LogP contribution in [0.25, 0.3) is 5.82 Å². The summed E-state index contributed by atoms with van der Waals surface area (Å²) >= 11 is 0. The van der Waals surface area contributed by atoms with Crippen LogP contribution in [0.5, 0.6) is 0 Å². The molecule has 0 bridgehead atoms. The molecule has 4 N–H and O–H groups in total. The van der Waals surface area contributed by atoms with E-state index in [4.69, 9.17) is 11.5 Å². The lowest BCUT2D eigenvalue weighted by Gasteiger charge is -2.06. The molecule has 0 aliphatic carbocycles. The van der Waals surface area contributed by atoms with Gasteiger partial charge < -0.3 is 11.5 Å². The molecule has 6 nitrogen and oxygen atoms in total. The monoisotopic (exact) mass is 232 g/mol. The number of rotatable bonds is 3. The Morgan fingerprint density at radius 2 is 1.88 bits per heavy atom.